The van der Waals surface area contributed by atoms with Crippen LogP contribution in [0, 0.1) is 23.5 Å². The standard InChI is InChI=1S/C29H30FN5O2.C29H29FN4O3/c1-29(37,22-10-12-35(2)13-11-22)26-9-7-21-17-32-27(16-25(21)33-26)34-24-8-6-19(15-23(24)30)18-4-3-5-20(14-18)28(31)36;1-29(37,22-10-12-34(2)13-11-22)26-9-7-21-17-31-27(16-25(21)32-26)33-24-8-6-19(15-23(24)30)18-4-3-5-20(14-18)28(35)36/h3-9,14-17,22,37H,10-13H2,1-2H3,(H2,31,36)(H,32,34);3-9,14-17,22,37H,10-13H2,1-2H3,(H,31,33)(H,35,36)/t2*29-/m11/s1. The van der Waals surface area contributed by atoms with Crippen molar-refractivity contribution in [2.24, 2.45) is 17.6 Å². The van der Waals surface area contributed by atoms with Crippen molar-refractivity contribution in [2.45, 2.75) is 50.7 Å². The number of nitrogens with zero attached hydrogens (tertiary/aromatic N) is 6. The maximum absolute atomic E-state index is 15.0. The Morgan fingerprint density at radius 2 is 0.986 bits per heavy atom. The number of anilines is 4. The molecule has 2 aliphatic heterocycles. The Hall–Kier alpha value is -7.76. The van der Waals surface area contributed by atoms with Crippen molar-refractivity contribution < 1.29 is 33.7 Å². The fraction of sp³-hybridized carbons (Fsp3) is 0.276. The lowest BCUT2D eigenvalue weighted by molar-refractivity contribution is -0.0336. The number of benzene rings is 4. The molecule has 4 aromatic heterocycles. The Kier molecular flexibility index (Phi) is 14.8. The molecule has 0 saturated carbocycles. The van der Waals surface area contributed by atoms with Gasteiger partial charge in [-0.3, -0.25) is 4.79 Å². The maximum Gasteiger partial charge on any atom is 0.335 e. The molecule has 0 spiro atoms. The van der Waals surface area contributed by atoms with Gasteiger partial charge in [0.15, 0.2) is 0 Å². The normalized spacial score (nSPS) is 16.4. The van der Waals surface area contributed by atoms with Gasteiger partial charge in [-0.1, -0.05) is 36.4 Å². The molecular weight excluding hydrogens is 941 g/mol. The van der Waals surface area contributed by atoms with Crippen molar-refractivity contribution in [2.75, 3.05) is 50.9 Å². The second-order valence-electron chi connectivity index (χ2n) is 19.8. The average molecular weight is 1000 g/mol. The molecule has 380 valence electrons. The fourth-order valence-electron chi connectivity index (χ4n) is 9.84. The third-order valence-electron chi connectivity index (χ3n) is 14.6. The summed E-state index contributed by atoms with van der Waals surface area (Å²) in [5, 5.41) is 39.7. The van der Waals surface area contributed by atoms with Gasteiger partial charge >= 0.3 is 5.97 Å². The Bertz CT molecular complexity index is 3150. The highest BCUT2D eigenvalue weighted by atomic mass is 19.1. The van der Waals surface area contributed by atoms with Crippen LogP contribution >= 0.6 is 0 Å². The largest absolute Gasteiger partial charge is 0.478 e. The summed E-state index contributed by atoms with van der Waals surface area (Å²) in [5.74, 6) is -1.40. The summed E-state index contributed by atoms with van der Waals surface area (Å²) < 4.78 is 30.0. The second kappa shape index (κ2) is 21.4. The Labute approximate surface area is 428 Å². The number of nitrogens with one attached hydrogen (secondary N) is 2. The van der Waals surface area contributed by atoms with E-state index in [-0.39, 0.29) is 28.8 Å². The third-order valence-corrected chi connectivity index (χ3v) is 14.6. The lowest BCUT2D eigenvalue weighted by Gasteiger charge is -2.38. The number of halogens is 2. The Morgan fingerprint density at radius 3 is 1.39 bits per heavy atom. The number of nitrogens with two attached hydrogens (primary N) is 1. The summed E-state index contributed by atoms with van der Waals surface area (Å²) in [6, 6.07) is 33.6. The second-order valence-corrected chi connectivity index (χ2v) is 19.8. The molecule has 0 bridgehead atoms. The predicted molar refractivity (Wildman–Crippen MR) is 284 cm³/mol. The molecular formula is C58H59F2N9O5. The van der Waals surface area contributed by atoms with Gasteiger partial charge in [0.05, 0.1) is 39.4 Å². The van der Waals surface area contributed by atoms with Crippen LogP contribution in [-0.4, -0.2) is 97.2 Å². The monoisotopic (exact) mass is 999 g/mol. The summed E-state index contributed by atoms with van der Waals surface area (Å²) in [4.78, 5) is 45.6. The molecule has 0 radical (unpaired) electrons. The molecule has 2 atom stereocenters. The van der Waals surface area contributed by atoms with E-state index in [2.05, 4.69) is 44.5 Å². The van der Waals surface area contributed by atoms with Crippen LogP contribution in [-0.2, 0) is 11.2 Å². The Morgan fingerprint density at radius 1 is 0.581 bits per heavy atom. The first-order valence-electron chi connectivity index (χ1n) is 24.6. The first-order chi connectivity index (χ1) is 35.4. The zero-order chi connectivity index (χ0) is 52.3. The molecule has 14 nitrogen and oxygen atoms in total. The third kappa shape index (κ3) is 11.4. The first kappa shape index (κ1) is 51.2. The number of hydrogen-bond acceptors (Lipinski definition) is 12. The lowest BCUT2D eigenvalue weighted by Crippen LogP contribution is -2.41. The fourth-order valence-corrected chi connectivity index (χ4v) is 9.84. The van der Waals surface area contributed by atoms with Crippen molar-refractivity contribution >= 4 is 56.7 Å². The summed E-state index contributed by atoms with van der Waals surface area (Å²) >= 11 is 0. The molecule has 16 heteroatoms. The molecule has 0 unspecified atom stereocenters. The highest BCUT2D eigenvalue weighted by Gasteiger charge is 2.38. The number of hydrogen-bond donors (Lipinski definition) is 6. The van der Waals surface area contributed by atoms with Crippen LogP contribution < -0.4 is 16.4 Å². The number of pyridine rings is 4. The number of primary amides is 1. The van der Waals surface area contributed by atoms with Crippen molar-refractivity contribution in [1.29, 1.82) is 0 Å². The van der Waals surface area contributed by atoms with Crippen molar-refractivity contribution in [3.8, 4) is 22.3 Å². The van der Waals surface area contributed by atoms with Gasteiger partial charge in [0, 0.05) is 40.9 Å². The van der Waals surface area contributed by atoms with Crippen molar-refractivity contribution in [3.05, 3.63) is 168 Å². The van der Waals surface area contributed by atoms with E-state index in [9.17, 15) is 29.3 Å². The summed E-state index contributed by atoms with van der Waals surface area (Å²) in [6.07, 6.45) is 6.98. The van der Waals surface area contributed by atoms with Gasteiger partial charge in [0.2, 0.25) is 5.91 Å². The molecule has 10 rings (SSSR count). The predicted octanol–water partition coefficient (Wildman–Crippen LogP) is 10.3. The van der Waals surface area contributed by atoms with Gasteiger partial charge < -0.3 is 41.5 Å². The smallest absolute Gasteiger partial charge is 0.335 e. The van der Waals surface area contributed by atoms with Crippen LogP contribution in [0.1, 0.15) is 71.6 Å². The molecule has 4 aromatic carbocycles. The molecule has 2 fully saturated rings. The number of amides is 1. The molecule has 74 heavy (non-hydrogen) atoms. The van der Waals surface area contributed by atoms with Gasteiger partial charge in [-0.2, -0.15) is 0 Å². The highest BCUT2D eigenvalue weighted by Crippen LogP contribution is 2.38. The van der Waals surface area contributed by atoms with E-state index >= 15 is 4.39 Å². The number of aliphatic hydroxyl groups is 2. The van der Waals surface area contributed by atoms with Crippen LogP contribution in [0.2, 0.25) is 0 Å². The topological polar surface area (TPSA) is 203 Å². The van der Waals surface area contributed by atoms with E-state index in [0.29, 0.717) is 61.9 Å². The van der Waals surface area contributed by atoms with Gasteiger partial charge in [0.1, 0.15) is 34.5 Å². The van der Waals surface area contributed by atoms with E-state index in [1.807, 2.05) is 38.1 Å². The van der Waals surface area contributed by atoms with Gasteiger partial charge in [0.25, 0.3) is 0 Å². The molecule has 8 aromatic rings. The maximum atomic E-state index is 15.0. The van der Waals surface area contributed by atoms with Gasteiger partial charge in [-0.05, 0) is 187 Å². The van der Waals surface area contributed by atoms with Gasteiger partial charge in [-0.15, -0.1) is 0 Å². The first-order valence-corrected chi connectivity index (χ1v) is 24.6. The number of rotatable bonds is 12. The number of likely N-dealkylation sites (tertiary alicyclic amines) is 2. The number of carboxylic acid groups (broad SMARTS) is 1. The summed E-state index contributed by atoms with van der Waals surface area (Å²) in [7, 11) is 4.19. The quantitative estimate of drug-likeness (QED) is 0.0676. The minimum Gasteiger partial charge on any atom is -0.478 e. The van der Waals surface area contributed by atoms with Crippen LogP contribution in [0.15, 0.2) is 134 Å². The summed E-state index contributed by atoms with van der Waals surface area (Å²) in [6.45, 7) is 7.47. The molecule has 2 aliphatic rings. The molecule has 0 aliphatic carbocycles. The highest BCUT2D eigenvalue weighted by molar-refractivity contribution is 5.94. The van der Waals surface area contributed by atoms with E-state index in [1.54, 1.807) is 85.2 Å². The van der Waals surface area contributed by atoms with Crippen LogP contribution in [0.4, 0.5) is 31.8 Å². The minimum atomic E-state index is -1.05. The summed E-state index contributed by atoms with van der Waals surface area (Å²) in [5.41, 5.74) is 9.35. The number of carboxylic acids is 1. The molecule has 6 heterocycles. The number of aromatic carboxylic acids is 1. The lowest BCUT2D eigenvalue weighted by atomic mass is 9.79. The number of carbonyl (C=O) groups is 2. The van der Waals surface area contributed by atoms with Crippen molar-refractivity contribution in [1.82, 2.24) is 29.7 Å². The average Bonchev–Trinajstić information content (AvgIpc) is 3.40. The molecule has 7 N–H and O–H groups in total. The minimum absolute atomic E-state index is 0.122. The zero-order valence-electron chi connectivity index (χ0n) is 41.7. The van der Waals surface area contributed by atoms with Crippen LogP contribution in [0.5, 0.6) is 0 Å². The Balaban J connectivity index is 0.000000182. The number of piperidine rings is 2. The van der Waals surface area contributed by atoms with Crippen molar-refractivity contribution in [3.63, 3.8) is 0 Å². The number of aromatic nitrogens is 4. The number of fused-ring (bicyclic) bond motifs is 2. The molecule has 1 amide bonds. The SMILES string of the molecule is CN1CCC([C@@](C)(O)c2ccc3cnc(Nc4ccc(-c5cccc(C(=O)O)c5)cc4F)cc3n2)CC1.CN1CCC([C@@](C)(O)c2ccc3cnc(Nc4ccc(-c5cccc(C(N)=O)c5)cc4F)cc3n2)CC1. The van der Waals surface area contributed by atoms with E-state index in [4.69, 9.17) is 15.7 Å². The van der Waals surface area contributed by atoms with E-state index < -0.39 is 34.7 Å². The van der Waals surface area contributed by atoms with Crippen LogP contribution in [0.3, 0.4) is 0 Å². The number of carbonyl (C=O) groups excluding carboxylic acids is 1. The van der Waals surface area contributed by atoms with E-state index in [0.717, 1.165) is 62.6 Å². The zero-order valence-corrected chi connectivity index (χ0v) is 41.7. The van der Waals surface area contributed by atoms with Crippen LogP contribution in [0.25, 0.3) is 44.1 Å². The van der Waals surface area contributed by atoms with Gasteiger partial charge in [-0.25, -0.2) is 33.5 Å². The molecule has 2 saturated heterocycles. The van der Waals surface area contributed by atoms with E-state index in [1.165, 1.54) is 24.3 Å².